The smallest absolute Gasteiger partial charge is 0.253 e. The molecule has 0 aliphatic heterocycles. The first-order valence-electron chi connectivity index (χ1n) is 6.39. The highest BCUT2D eigenvalue weighted by atomic mass is 35.5. The van der Waals surface area contributed by atoms with Crippen molar-refractivity contribution in [2.45, 2.75) is 45.8 Å². The van der Waals surface area contributed by atoms with Crippen molar-refractivity contribution in [3.63, 3.8) is 0 Å². The fraction of sp³-hybridized carbons (Fsp3) is 0.500. The molecule has 0 aliphatic carbocycles. The van der Waals surface area contributed by atoms with Crippen LogP contribution in [0.5, 0.6) is 0 Å². The molecule has 1 rings (SSSR count). The van der Waals surface area contributed by atoms with Crippen LogP contribution in [0.15, 0.2) is 12.1 Å². The molecule has 0 spiro atoms. The summed E-state index contributed by atoms with van der Waals surface area (Å²) in [6, 6.07) is 3.06. The van der Waals surface area contributed by atoms with Gasteiger partial charge in [-0.2, -0.15) is 0 Å². The summed E-state index contributed by atoms with van der Waals surface area (Å²) in [5, 5.41) is 3.26. The fourth-order valence-corrected chi connectivity index (χ4v) is 2.15. The standard InChI is InChI=1S/C14H20Cl2N2O2/c1-5-14(3,4)20-8(2)13(19)18-12-10(15)6-9(17)7-11(12)16/h6-8H,5,17H2,1-4H3,(H,18,19). The molecule has 3 N–H and O–H groups in total. The van der Waals surface area contributed by atoms with Crippen molar-refractivity contribution in [1.82, 2.24) is 0 Å². The van der Waals surface area contributed by atoms with Crippen LogP contribution in [0.3, 0.4) is 0 Å². The van der Waals surface area contributed by atoms with Crippen molar-refractivity contribution in [1.29, 1.82) is 0 Å². The number of halogens is 2. The zero-order valence-electron chi connectivity index (χ0n) is 12.1. The van der Waals surface area contributed by atoms with E-state index in [1.165, 1.54) is 12.1 Å². The van der Waals surface area contributed by atoms with Crippen LogP contribution in [0.25, 0.3) is 0 Å². The van der Waals surface area contributed by atoms with E-state index >= 15 is 0 Å². The number of benzene rings is 1. The Bertz CT molecular complexity index is 481. The Morgan fingerprint density at radius 3 is 2.35 bits per heavy atom. The normalized spacial score (nSPS) is 13.1. The van der Waals surface area contributed by atoms with Gasteiger partial charge in [0.15, 0.2) is 0 Å². The molecule has 0 saturated carbocycles. The summed E-state index contributed by atoms with van der Waals surface area (Å²) < 4.78 is 5.70. The third-order valence-electron chi connectivity index (χ3n) is 3.03. The van der Waals surface area contributed by atoms with Crippen LogP contribution in [0, 0.1) is 0 Å². The summed E-state index contributed by atoms with van der Waals surface area (Å²) in [4.78, 5) is 12.1. The molecule has 1 unspecified atom stereocenters. The highest BCUT2D eigenvalue weighted by Crippen LogP contribution is 2.33. The highest BCUT2D eigenvalue weighted by Gasteiger charge is 2.24. The Kier molecular flexibility index (Phi) is 5.68. The van der Waals surface area contributed by atoms with Gasteiger partial charge < -0.3 is 15.8 Å². The molecule has 1 aromatic rings. The van der Waals surface area contributed by atoms with E-state index in [0.29, 0.717) is 21.4 Å². The number of rotatable bonds is 5. The van der Waals surface area contributed by atoms with Crippen LogP contribution >= 0.6 is 23.2 Å². The van der Waals surface area contributed by atoms with E-state index in [9.17, 15) is 4.79 Å². The summed E-state index contributed by atoms with van der Waals surface area (Å²) in [6.45, 7) is 7.55. The fourth-order valence-electron chi connectivity index (χ4n) is 1.55. The first-order chi connectivity index (χ1) is 9.16. The third-order valence-corrected chi connectivity index (χ3v) is 3.63. The number of nitrogens with two attached hydrogens (primary N) is 1. The summed E-state index contributed by atoms with van der Waals surface area (Å²) in [5.41, 5.74) is 6.03. The number of hydrogen-bond acceptors (Lipinski definition) is 3. The molecule has 4 nitrogen and oxygen atoms in total. The number of carbonyl (C=O) groups excluding carboxylic acids is 1. The van der Waals surface area contributed by atoms with Gasteiger partial charge >= 0.3 is 0 Å². The van der Waals surface area contributed by atoms with Crippen LogP contribution in [0.1, 0.15) is 34.1 Å². The van der Waals surface area contributed by atoms with Crippen molar-refractivity contribution in [2.75, 3.05) is 11.1 Å². The van der Waals surface area contributed by atoms with E-state index in [1.54, 1.807) is 6.92 Å². The molecule has 0 aromatic heterocycles. The second-order valence-corrected chi connectivity index (χ2v) is 6.04. The quantitative estimate of drug-likeness (QED) is 0.803. The van der Waals surface area contributed by atoms with E-state index in [4.69, 9.17) is 33.7 Å². The molecule has 0 bridgehead atoms. The molecule has 1 atom stereocenters. The van der Waals surface area contributed by atoms with Crippen LogP contribution in [-0.2, 0) is 9.53 Å². The van der Waals surface area contributed by atoms with Gasteiger partial charge in [-0.3, -0.25) is 4.79 Å². The number of anilines is 2. The van der Waals surface area contributed by atoms with Gasteiger partial charge in [-0.1, -0.05) is 30.1 Å². The van der Waals surface area contributed by atoms with Crippen molar-refractivity contribution < 1.29 is 9.53 Å². The van der Waals surface area contributed by atoms with Gasteiger partial charge in [0.2, 0.25) is 0 Å². The first kappa shape index (κ1) is 17.1. The first-order valence-corrected chi connectivity index (χ1v) is 7.15. The van der Waals surface area contributed by atoms with Crippen molar-refractivity contribution >= 4 is 40.5 Å². The summed E-state index contributed by atoms with van der Waals surface area (Å²) in [6.07, 6.45) is 0.184. The summed E-state index contributed by atoms with van der Waals surface area (Å²) in [7, 11) is 0. The molecule has 0 aliphatic rings. The van der Waals surface area contributed by atoms with Crippen LogP contribution in [0.2, 0.25) is 10.0 Å². The molecule has 0 radical (unpaired) electrons. The molecule has 1 aromatic carbocycles. The lowest BCUT2D eigenvalue weighted by molar-refractivity contribution is -0.137. The minimum absolute atomic E-state index is 0.297. The van der Waals surface area contributed by atoms with E-state index < -0.39 is 6.10 Å². The number of carbonyl (C=O) groups is 1. The van der Waals surface area contributed by atoms with Gasteiger partial charge in [-0.05, 0) is 39.3 Å². The zero-order chi connectivity index (χ0) is 15.5. The monoisotopic (exact) mass is 318 g/mol. The Hall–Kier alpha value is -0.970. The maximum absolute atomic E-state index is 12.1. The average Bonchev–Trinajstić information content (AvgIpc) is 2.32. The van der Waals surface area contributed by atoms with Crippen LogP contribution < -0.4 is 11.1 Å². The third kappa shape index (κ3) is 4.54. The number of ether oxygens (including phenoxy) is 1. The molecule has 6 heteroatoms. The number of hydrogen-bond donors (Lipinski definition) is 2. The predicted octanol–water partition coefficient (Wildman–Crippen LogP) is 4.11. The summed E-state index contributed by atoms with van der Waals surface area (Å²) >= 11 is 12.0. The van der Waals surface area contributed by atoms with Gasteiger partial charge in [0.25, 0.3) is 5.91 Å². The van der Waals surface area contributed by atoms with Crippen molar-refractivity contribution in [2.24, 2.45) is 0 Å². The van der Waals surface area contributed by atoms with Gasteiger partial charge in [-0.25, -0.2) is 0 Å². The number of nitrogen functional groups attached to an aromatic ring is 1. The Labute approximate surface area is 129 Å². The average molecular weight is 319 g/mol. The molecular weight excluding hydrogens is 299 g/mol. The Morgan fingerprint density at radius 1 is 1.40 bits per heavy atom. The second kappa shape index (κ2) is 6.66. The second-order valence-electron chi connectivity index (χ2n) is 5.22. The minimum Gasteiger partial charge on any atom is -0.399 e. The van der Waals surface area contributed by atoms with E-state index in [1.807, 2.05) is 20.8 Å². The van der Waals surface area contributed by atoms with Gasteiger partial charge in [-0.15, -0.1) is 0 Å². The molecule has 0 heterocycles. The van der Waals surface area contributed by atoms with Gasteiger partial charge in [0, 0.05) is 5.69 Å². The largest absolute Gasteiger partial charge is 0.399 e. The lowest BCUT2D eigenvalue weighted by Gasteiger charge is -2.27. The Balaban J connectivity index is 2.81. The Morgan fingerprint density at radius 2 is 1.90 bits per heavy atom. The van der Waals surface area contributed by atoms with Gasteiger partial charge in [0.1, 0.15) is 6.10 Å². The summed E-state index contributed by atoms with van der Waals surface area (Å²) in [5.74, 6) is -0.305. The zero-order valence-corrected chi connectivity index (χ0v) is 13.6. The molecule has 20 heavy (non-hydrogen) atoms. The maximum atomic E-state index is 12.1. The SMILES string of the molecule is CCC(C)(C)OC(C)C(=O)Nc1c(Cl)cc(N)cc1Cl. The van der Waals surface area contributed by atoms with E-state index in [0.717, 1.165) is 6.42 Å². The van der Waals surface area contributed by atoms with E-state index in [-0.39, 0.29) is 11.5 Å². The minimum atomic E-state index is -0.616. The molecule has 112 valence electrons. The molecular formula is C14H20Cl2N2O2. The maximum Gasteiger partial charge on any atom is 0.253 e. The molecule has 0 fully saturated rings. The lowest BCUT2D eigenvalue weighted by Crippen LogP contribution is -2.36. The number of amides is 1. The van der Waals surface area contributed by atoms with Crippen molar-refractivity contribution in [3.05, 3.63) is 22.2 Å². The van der Waals surface area contributed by atoms with Gasteiger partial charge in [0.05, 0.1) is 21.3 Å². The molecule has 0 saturated heterocycles. The van der Waals surface area contributed by atoms with E-state index in [2.05, 4.69) is 5.32 Å². The van der Waals surface area contributed by atoms with Crippen LogP contribution in [-0.4, -0.2) is 17.6 Å². The number of nitrogens with one attached hydrogen (secondary N) is 1. The molecule has 1 amide bonds. The van der Waals surface area contributed by atoms with Crippen molar-refractivity contribution in [3.8, 4) is 0 Å². The van der Waals surface area contributed by atoms with Crippen LogP contribution in [0.4, 0.5) is 11.4 Å². The lowest BCUT2D eigenvalue weighted by atomic mass is 10.1. The predicted molar refractivity (Wildman–Crippen MR) is 84.4 cm³/mol. The topological polar surface area (TPSA) is 64.3 Å². The highest BCUT2D eigenvalue weighted by molar-refractivity contribution is 6.40.